The number of benzene rings is 1. The topological polar surface area (TPSA) is 117 Å². The van der Waals surface area contributed by atoms with E-state index in [1.165, 1.54) is 24.5 Å². The molecule has 0 saturated heterocycles. The molecule has 0 amide bonds. The van der Waals surface area contributed by atoms with Gasteiger partial charge < -0.3 is 19.5 Å². The van der Waals surface area contributed by atoms with Crippen LogP contribution in [0.25, 0.3) is 10.8 Å². The van der Waals surface area contributed by atoms with Crippen molar-refractivity contribution in [1.29, 1.82) is 0 Å². The molecule has 2 aromatic carbocycles. The first-order chi connectivity index (χ1) is 18.1. The average Bonchev–Trinajstić information content (AvgIpc) is 2.90. The molecule has 0 aliphatic carbocycles. The van der Waals surface area contributed by atoms with Crippen molar-refractivity contribution in [2.45, 2.75) is 32.5 Å². The number of anilines is 1. The lowest BCUT2D eigenvalue weighted by molar-refractivity contribution is -0.144. The number of pyridine rings is 2. The van der Waals surface area contributed by atoms with Gasteiger partial charge in [-0.15, -0.1) is 0 Å². The number of carbonyl (C=O) groups excluding carboxylic acids is 1. The van der Waals surface area contributed by atoms with E-state index in [-0.39, 0.29) is 53.5 Å². The third kappa shape index (κ3) is 5.43. The Balaban J connectivity index is 1.70. The molecule has 1 N–H and O–H groups in total. The first kappa shape index (κ1) is 26.6. The summed E-state index contributed by atoms with van der Waals surface area (Å²) in [5.41, 5.74) is -2.54. The van der Waals surface area contributed by atoms with Crippen LogP contribution in [0.15, 0.2) is 58.4 Å². The number of nitrogens with one attached hydrogen (secondary N) is 1. The molecule has 1 atom stereocenters. The monoisotopic (exact) mass is 529 g/mol. The summed E-state index contributed by atoms with van der Waals surface area (Å²) in [4.78, 5) is 44.4. The largest absolute Gasteiger partial charge is 0.488 e. The highest BCUT2D eigenvalue weighted by molar-refractivity contribution is 5.86. The van der Waals surface area contributed by atoms with Crippen molar-refractivity contribution in [1.82, 2.24) is 9.97 Å². The van der Waals surface area contributed by atoms with Crippen LogP contribution in [0, 0.1) is 0 Å². The lowest BCUT2D eigenvalue weighted by atomic mass is 10.0. The number of carbonyl (C=O) groups is 1. The molecule has 198 valence electrons. The van der Waals surface area contributed by atoms with Crippen molar-refractivity contribution in [3.63, 3.8) is 0 Å². The second kappa shape index (κ2) is 10.9. The van der Waals surface area contributed by atoms with E-state index < -0.39 is 34.7 Å². The fraction of sp³-hybridized carbons (Fsp3) is 0.269. The van der Waals surface area contributed by atoms with Crippen LogP contribution in [0.1, 0.15) is 25.1 Å². The molecule has 0 aliphatic heterocycles. The van der Waals surface area contributed by atoms with Crippen LogP contribution in [0.3, 0.4) is 0 Å². The van der Waals surface area contributed by atoms with Gasteiger partial charge in [0.05, 0.1) is 18.6 Å². The fourth-order valence-electron chi connectivity index (χ4n) is 3.77. The number of para-hydroxylation sites is 1. The lowest BCUT2D eigenvalue weighted by Gasteiger charge is -2.22. The summed E-state index contributed by atoms with van der Waals surface area (Å²) in [6, 6.07) is 7.52. The normalized spacial score (nSPS) is 12.3. The molecule has 0 fully saturated rings. The molecule has 38 heavy (non-hydrogen) atoms. The van der Waals surface area contributed by atoms with E-state index in [4.69, 9.17) is 14.2 Å². The van der Waals surface area contributed by atoms with Gasteiger partial charge in [0.1, 0.15) is 23.2 Å². The first-order valence-electron chi connectivity index (χ1n) is 11.6. The first-order valence-corrected chi connectivity index (χ1v) is 11.6. The molecule has 2 aromatic heterocycles. The highest BCUT2D eigenvalue weighted by Crippen LogP contribution is 2.36. The van der Waals surface area contributed by atoms with Gasteiger partial charge in [-0.2, -0.15) is 13.2 Å². The average molecular weight is 529 g/mol. The summed E-state index contributed by atoms with van der Waals surface area (Å²) in [6.45, 7) is 3.42. The lowest BCUT2D eigenvalue weighted by Crippen LogP contribution is -2.42. The number of aromatic nitrogens is 2. The Morgan fingerprint density at radius 2 is 1.84 bits per heavy atom. The predicted octanol–water partition coefficient (Wildman–Crippen LogP) is 4.02. The number of hydrogen-bond donors (Lipinski definition) is 1. The molecular formula is C26H22F3N3O6. The maximum absolute atomic E-state index is 13.5. The van der Waals surface area contributed by atoms with Crippen molar-refractivity contribution in [2.75, 3.05) is 18.5 Å². The van der Waals surface area contributed by atoms with Crippen molar-refractivity contribution in [2.24, 2.45) is 0 Å². The minimum Gasteiger partial charge on any atom is -0.488 e. The number of alkyl halides is 3. The molecule has 2 heterocycles. The highest BCUT2D eigenvalue weighted by Gasteiger charge is 2.34. The predicted molar refractivity (Wildman–Crippen MR) is 131 cm³/mol. The second-order valence-corrected chi connectivity index (χ2v) is 8.07. The molecule has 0 saturated carbocycles. The molecular weight excluding hydrogens is 507 g/mol. The second-order valence-electron chi connectivity index (χ2n) is 8.07. The minimum atomic E-state index is -4.72. The molecule has 1 unspecified atom stereocenters. The van der Waals surface area contributed by atoms with Crippen molar-refractivity contribution >= 4 is 22.4 Å². The highest BCUT2D eigenvalue weighted by atomic mass is 19.4. The minimum absolute atomic E-state index is 0.0482. The zero-order valence-electron chi connectivity index (χ0n) is 20.3. The summed E-state index contributed by atoms with van der Waals surface area (Å²) < 4.78 is 56.7. The summed E-state index contributed by atoms with van der Waals surface area (Å²) in [6.07, 6.45) is -2.13. The molecule has 0 bridgehead atoms. The van der Waals surface area contributed by atoms with E-state index >= 15 is 0 Å². The smallest absolute Gasteiger partial charge is 0.433 e. The zero-order chi connectivity index (χ0) is 27.4. The number of rotatable bonds is 10. The summed E-state index contributed by atoms with van der Waals surface area (Å²) >= 11 is 0. The summed E-state index contributed by atoms with van der Waals surface area (Å²) in [5.74, 6) is -1.10. The van der Waals surface area contributed by atoms with Crippen LogP contribution >= 0.6 is 0 Å². The quantitative estimate of drug-likeness (QED) is 0.240. The van der Waals surface area contributed by atoms with E-state index in [9.17, 15) is 27.6 Å². The molecule has 0 aliphatic rings. The molecule has 9 nitrogen and oxygen atoms in total. The number of fused-ring (bicyclic) bond motifs is 1. The maximum Gasteiger partial charge on any atom is 0.433 e. The van der Waals surface area contributed by atoms with Crippen molar-refractivity contribution in [3.05, 3.63) is 80.5 Å². The van der Waals surface area contributed by atoms with Crippen LogP contribution in [0.5, 0.6) is 17.4 Å². The number of nitrogens with zero attached hydrogens (tertiary/aromatic N) is 2. The van der Waals surface area contributed by atoms with Gasteiger partial charge in [-0.3, -0.25) is 14.6 Å². The standard InChI is InChI=1S/C26H22F3N3O6/c1-3-36-23-20(21(33)22(23)34)31-17(25(35)37-4-2)11-15-7-5-6-8-18(15)38-24-16-13-30-10-9-14(16)12-19(32-24)26(27,28)29/h5-10,12-13,17,31H,3-4,11H2,1-2H3. The Kier molecular flexibility index (Phi) is 7.60. The van der Waals surface area contributed by atoms with Gasteiger partial charge in [0.15, 0.2) is 5.75 Å². The maximum atomic E-state index is 13.5. The van der Waals surface area contributed by atoms with Gasteiger partial charge in [0, 0.05) is 18.8 Å². The Labute approximate surface area is 213 Å². The van der Waals surface area contributed by atoms with E-state index in [1.807, 2.05) is 0 Å². The SMILES string of the molecule is CCOC(=O)C(Cc1ccccc1Oc1nc(C(F)(F)F)cc2ccncc12)Nc1c(OCC)c(=O)c1=O. The third-order valence-corrected chi connectivity index (χ3v) is 5.54. The van der Waals surface area contributed by atoms with Gasteiger partial charge in [-0.05, 0) is 43.0 Å². The van der Waals surface area contributed by atoms with Gasteiger partial charge in [0.2, 0.25) is 5.88 Å². The number of esters is 1. The Hall–Kier alpha value is -4.48. The van der Waals surface area contributed by atoms with Gasteiger partial charge in [-0.1, -0.05) is 18.2 Å². The molecule has 12 heteroatoms. The van der Waals surface area contributed by atoms with Crippen molar-refractivity contribution < 1.29 is 32.2 Å². The van der Waals surface area contributed by atoms with Crippen LogP contribution in [-0.2, 0) is 22.1 Å². The van der Waals surface area contributed by atoms with E-state index in [0.717, 1.165) is 6.07 Å². The number of hydrogen-bond acceptors (Lipinski definition) is 9. The molecule has 4 rings (SSSR count). The van der Waals surface area contributed by atoms with E-state index in [0.29, 0.717) is 5.56 Å². The Bertz CT molecular complexity index is 1550. The van der Waals surface area contributed by atoms with E-state index in [2.05, 4.69) is 15.3 Å². The van der Waals surface area contributed by atoms with Crippen LogP contribution in [0.4, 0.5) is 18.9 Å². The van der Waals surface area contributed by atoms with Gasteiger partial charge >= 0.3 is 12.1 Å². The van der Waals surface area contributed by atoms with Gasteiger partial charge in [-0.25, -0.2) is 9.78 Å². The van der Waals surface area contributed by atoms with E-state index in [1.54, 1.807) is 32.0 Å². The van der Waals surface area contributed by atoms with Gasteiger partial charge in [0.25, 0.3) is 10.9 Å². The number of ether oxygens (including phenoxy) is 3. The third-order valence-electron chi connectivity index (χ3n) is 5.54. The zero-order valence-corrected chi connectivity index (χ0v) is 20.3. The summed E-state index contributed by atoms with van der Waals surface area (Å²) in [5, 5.41) is 3.21. The van der Waals surface area contributed by atoms with Crippen LogP contribution < -0.4 is 25.6 Å². The molecule has 0 spiro atoms. The molecule has 4 aromatic rings. The van der Waals surface area contributed by atoms with Crippen LogP contribution in [0.2, 0.25) is 0 Å². The Morgan fingerprint density at radius 3 is 2.55 bits per heavy atom. The van der Waals surface area contributed by atoms with Crippen LogP contribution in [-0.4, -0.2) is 35.2 Å². The Morgan fingerprint density at radius 1 is 1.08 bits per heavy atom. The molecule has 0 radical (unpaired) electrons. The fourth-order valence-corrected chi connectivity index (χ4v) is 3.77. The van der Waals surface area contributed by atoms with Crippen molar-refractivity contribution in [3.8, 4) is 17.4 Å². The summed E-state index contributed by atoms with van der Waals surface area (Å²) in [7, 11) is 0. The number of halogens is 3.